The molecule has 2 unspecified atom stereocenters. The largest absolute Gasteiger partial charge is 0.497 e. The van der Waals surface area contributed by atoms with Crippen molar-refractivity contribution in [3.63, 3.8) is 0 Å². The van der Waals surface area contributed by atoms with Crippen LogP contribution in [0.5, 0.6) is 5.75 Å². The highest BCUT2D eigenvalue weighted by molar-refractivity contribution is 5.30. The van der Waals surface area contributed by atoms with Crippen LogP contribution in [0.25, 0.3) is 0 Å². The first-order valence-corrected chi connectivity index (χ1v) is 6.43. The van der Waals surface area contributed by atoms with Crippen molar-refractivity contribution < 1.29 is 4.74 Å². The SMILES string of the molecule is COc1ccc(C2CC(N)CN2C2CC2)cc1. The first-order valence-electron chi connectivity index (χ1n) is 6.43. The van der Waals surface area contributed by atoms with Gasteiger partial charge in [0.15, 0.2) is 0 Å². The molecule has 0 bridgehead atoms. The number of nitrogens with zero attached hydrogens (tertiary/aromatic N) is 1. The number of hydrogen-bond donors (Lipinski definition) is 1. The Morgan fingerprint density at radius 1 is 1.24 bits per heavy atom. The molecule has 1 aliphatic carbocycles. The standard InChI is InChI=1S/C14H20N2O/c1-17-13-6-2-10(3-7-13)14-8-11(15)9-16(14)12-4-5-12/h2-3,6-7,11-12,14H,4-5,8-9,15H2,1H3. The average Bonchev–Trinajstić information content (AvgIpc) is 3.13. The smallest absolute Gasteiger partial charge is 0.118 e. The summed E-state index contributed by atoms with van der Waals surface area (Å²) < 4.78 is 5.20. The summed E-state index contributed by atoms with van der Waals surface area (Å²) in [6, 6.07) is 10.1. The highest BCUT2D eigenvalue weighted by atomic mass is 16.5. The summed E-state index contributed by atoms with van der Waals surface area (Å²) in [6.45, 7) is 1.06. The summed E-state index contributed by atoms with van der Waals surface area (Å²) in [4.78, 5) is 2.59. The van der Waals surface area contributed by atoms with Gasteiger partial charge >= 0.3 is 0 Å². The zero-order chi connectivity index (χ0) is 11.8. The number of ether oxygens (including phenoxy) is 1. The fraction of sp³-hybridized carbons (Fsp3) is 0.571. The normalized spacial score (nSPS) is 29.5. The minimum absolute atomic E-state index is 0.336. The van der Waals surface area contributed by atoms with Gasteiger partial charge in [0.1, 0.15) is 5.75 Å². The number of hydrogen-bond acceptors (Lipinski definition) is 3. The maximum absolute atomic E-state index is 6.11. The van der Waals surface area contributed by atoms with Gasteiger partial charge in [0.05, 0.1) is 7.11 Å². The summed E-state index contributed by atoms with van der Waals surface area (Å²) in [7, 11) is 1.71. The van der Waals surface area contributed by atoms with Crippen LogP contribution in [-0.2, 0) is 0 Å². The Morgan fingerprint density at radius 2 is 1.94 bits per heavy atom. The van der Waals surface area contributed by atoms with Crippen molar-refractivity contribution in [1.82, 2.24) is 4.90 Å². The lowest BCUT2D eigenvalue weighted by Crippen LogP contribution is -2.29. The zero-order valence-electron chi connectivity index (χ0n) is 10.3. The van der Waals surface area contributed by atoms with Crippen molar-refractivity contribution >= 4 is 0 Å². The molecule has 3 heteroatoms. The van der Waals surface area contributed by atoms with Crippen molar-refractivity contribution in [3.05, 3.63) is 29.8 Å². The Balaban J connectivity index is 1.80. The molecule has 2 aliphatic rings. The molecule has 0 spiro atoms. The van der Waals surface area contributed by atoms with Crippen molar-refractivity contribution in [2.75, 3.05) is 13.7 Å². The van der Waals surface area contributed by atoms with Gasteiger partial charge in [0.25, 0.3) is 0 Å². The Labute approximate surface area is 103 Å². The molecule has 2 N–H and O–H groups in total. The minimum atomic E-state index is 0.336. The van der Waals surface area contributed by atoms with Crippen LogP contribution in [0.15, 0.2) is 24.3 Å². The number of nitrogens with two attached hydrogens (primary N) is 1. The molecule has 3 rings (SSSR count). The van der Waals surface area contributed by atoms with Crippen LogP contribution >= 0.6 is 0 Å². The van der Waals surface area contributed by atoms with Crippen LogP contribution in [0.1, 0.15) is 30.9 Å². The van der Waals surface area contributed by atoms with E-state index < -0.39 is 0 Å². The van der Waals surface area contributed by atoms with Gasteiger partial charge in [-0.05, 0) is 37.0 Å². The van der Waals surface area contributed by atoms with Gasteiger partial charge in [-0.1, -0.05) is 12.1 Å². The summed E-state index contributed by atoms with van der Waals surface area (Å²) in [6.07, 6.45) is 3.78. The van der Waals surface area contributed by atoms with E-state index in [4.69, 9.17) is 10.5 Å². The van der Waals surface area contributed by atoms with Gasteiger partial charge in [-0.2, -0.15) is 0 Å². The van der Waals surface area contributed by atoms with Crippen molar-refractivity contribution in [3.8, 4) is 5.75 Å². The monoisotopic (exact) mass is 232 g/mol. The van der Waals surface area contributed by atoms with E-state index in [0.29, 0.717) is 12.1 Å². The Kier molecular flexibility index (Phi) is 2.81. The van der Waals surface area contributed by atoms with Crippen LogP contribution < -0.4 is 10.5 Å². The van der Waals surface area contributed by atoms with Gasteiger partial charge in [0.2, 0.25) is 0 Å². The highest BCUT2D eigenvalue weighted by Crippen LogP contribution is 2.40. The van der Waals surface area contributed by atoms with Crippen molar-refractivity contribution in [2.24, 2.45) is 5.73 Å². The lowest BCUT2D eigenvalue weighted by molar-refractivity contribution is 0.245. The second-order valence-corrected chi connectivity index (χ2v) is 5.21. The third kappa shape index (κ3) is 2.17. The van der Waals surface area contributed by atoms with Gasteiger partial charge in [-0.15, -0.1) is 0 Å². The average molecular weight is 232 g/mol. The Bertz CT molecular complexity index is 386. The zero-order valence-corrected chi connectivity index (χ0v) is 10.3. The Hall–Kier alpha value is -1.06. The molecule has 2 fully saturated rings. The predicted molar refractivity (Wildman–Crippen MR) is 68.1 cm³/mol. The quantitative estimate of drug-likeness (QED) is 0.865. The molecule has 1 heterocycles. The summed E-state index contributed by atoms with van der Waals surface area (Å²) in [5, 5.41) is 0. The fourth-order valence-corrected chi connectivity index (χ4v) is 2.86. The van der Waals surface area contributed by atoms with E-state index in [1.165, 1.54) is 18.4 Å². The van der Waals surface area contributed by atoms with E-state index in [-0.39, 0.29) is 0 Å². The molecular weight excluding hydrogens is 212 g/mol. The molecule has 0 amide bonds. The number of likely N-dealkylation sites (tertiary alicyclic amines) is 1. The second kappa shape index (κ2) is 4.31. The van der Waals surface area contributed by atoms with Crippen molar-refractivity contribution in [2.45, 2.75) is 37.4 Å². The molecule has 1 aromatic carbocycles. The molecule has 1 aromatic rings. The first-order chi connectivity index (χ1) is 8.28. The maximum Gasteiger partial charge on any atom is 0.118 e. The van der Waals surface area contributed by atoms with Gasteiger partial charge < -0.3 is 10.5 Å². The van der Waals surface area contributed by atoms with Gasteiger partial charge in [-0.25, -0.2) is 0 Å². The first kappa shape index (κ1) is 11.1. The van der Waals surface area contributed by atoms with E-state index in [1.807, 2.05) is 12.1 Å². The third-order valence-corrected chi connectivity index (χ3v) is 3.89. The highest BCUT2D eigenvalue weighted by Gasteiger charge is 2.40. The summed E-state index contributed by atoms with van der Waals surface area (Å²) in [5.41, 5.74) is 7.49. The topological polar surface area (TPSA) is 38.5 Å². The van der Waals surface area contributed by atoms with Gasteiger partial charge in [0, 0.05) is 24.7 Å². The lowest BCUT2D eigenvalue weighted by Gasteiger charge is -2.24. The van der Waals surface area contributed by atoms with Crippen LogP contribution in [-0.4, -0.2) is 30.6 Å². The number of methoxy groups -OCH3 is 1. The Morgan fingerprint density at radius 3 is 2.53 bits per heavy atom. The van der Waals surface area contributed by atoms with Crippen molar-refractivity contribution in [1.29, 1.82) is 0 Å². The van der Waals surface area contributed by atoms with E-state index in [2.05, 4.69) is 17.0 Å². The van der Waals surface area contributed by atoms with E-state index in [1.54, 1.807) is 7.11 Å². The predicted octanol–water partition coefficient (Wildman–Crippen LogP) is 1.93. The fourth-order valence-electron chi connectivity index (χ4n) is 2.86. The summed E-state index contributed by atoms with van der Waals surface area (Å²) in [5.74, 6) is 0.925. The molecule has 3 nitrogen and oxygen atoms in total. The van der Waals surface area contributed by atoms with E-state index in [0.717, 1.165) is 24.8 Å². The van der Waals surface area contributed by atoms with E-state index >= 15 is 0 Å². The van der Waals surface area contributed by atoms with Crippen LogP contribution in [0.2, 0.25) is 0 Å². The molecule has 0 aromatic heterocycles. The lowest BCUT2D eigenvalue weighted by atomic mass is 10.0. The summed E-state index contributed by atoms with van der Waals surface area (Å²) >= 11 is 0. The molecule has 92 valence electrons. The molecule has 2 atom stereocenters. The molecule has 1 aliphatic heterocycles. The third-order valence-electron chi connectivity index (χ3n) is 3.89. The molecule has 0 radical (unpaired) electrons. The number of rotatable bonds is 3. The second-order valence-electron chi connectivity index (χ2n) is 5.21. The molecule has 1 saturated heterocycles. The van der Waals surface area contributed by atoms with Crippen LogP contribution in [0, 0.1) is 0 Å². The van der Waals surface area contributed by atoms with E-state index in [9.17, 15) is 0 Å². The maximum atomic E-state index is 6.11. The van der Waals surface area contributed by atoms with Crippen LogP contribution in [0.4, 0.5) is 0 Å². The number of benzene rings is 1. The molecule has 17 heavy (non-hydrogen) atoms. The molecule has 1 saturated carbocycles. The molecular formula is C14H20N2O. The minimum Gasteiger partial charge on any atom is -0.497 e. The van der Waals surface area contributed by atoms with Crippen LogP contribution in [0.3, 0.4) is 0 Å². The van der Waals surface area contributed by atoms with Gasteiger partial charge in [-0.3, -0.25) is 4.90 Å².